The van der Waals surface area contributed by atoms with Crippen LogP contribution in [0.2, 0.25) is 0 Å². The van der Waals surface area contributed by atoms with Crippen LogP contribution >= 0.6 is 0 Å². The SMILES string of the molecule is Cc1ccccc1-c1c(CC2CC2)noc1N. The molecule has 2 aromatic rings. The largest absolute Gasteiger partial charge is 0.367 e. The van der Waals surface area contributed by atoms with Crippen LogP contribution in [0.1, 0.15) is 24.1 Å². The van der Waals surface area contributed by atoms with Gasteiger partial charge in [-0.15, -0.1) is 0 Å². The molecular weight excluding hydrogens is 212 g/mol. The fraction of sp³-hybridized carbons (Fsp3) is 0.357. The Morgan fingerprint density at radius 3 is 2.82 bits per heavy atom. The molecule has 2 N–H and O–H groups in total. The van der Waals surface area contributed by atoms with E-state index in [9.17, 15) is 0 Å². The van der Waals surface area contributed by atoms with E-state index in [4.69, 9.17) is 10.3 Å². The summed E-state index contributed by atoms with van der Waals surface area (Å²) < 4.78 is 5.16. The van der Waals surface area contributed by atoms with Gasteiger partial charge in [0, 0.05) is 0 Å². The zero-order chi connectivity index (χ0) is 11.8. The van der Waals surface area contributed by atoms with Crippen molar-refractivity contribution in [3.8, 4) is 11.1 Å². The maximum absolute atomic E-state index is 5.91. The number of benzene rings is 1. The summed E-state index contributed by atoms with van der Waals surface area (Å²) in [5.74, 6) is 1.22. The first-order valence-electron chi connectivity index (χ1n) is 6.05. The number of hydrogen-bond acceptors (Lipinski definition) is 3. The van der Waals surface area contributed by atoms with Crippen molar-refractivity contribution in [3.05, 3.63) is 35.5 Å². The highest BCUT2D eigenvalue weighted by Gasteiger charge is 2.26. The summed E-state index contributed by atoms with van der Waals surface area (Å²) in [5, 5.41) is 4.11. The fourth-order valence-corrected chi connectivity index (χ4v) is 2.21. The van der Waals surface area contributed by atoms with E-state index in [1.54, 1.807) is 0 Å². The molecule has 0 aliphatic heterocycles. The van der Waals surface area contributed by atoms with Crippen LogP contribution in [0.5, 0.6) is 0 Å². The van der Waals surface area contributed by atoms with E-state index < -0.39 is 0 Å². The molecule has 0 atom stereocenters. The van der Waals surface area contributed by atoms with Crippen molar-refractivity contribution >= 4 is 5.88 Å². The predicted molar refractivity (Wildman–Crippen MR) is 67.5 cm³/mol. The van der Waals surface area contributed by atoms with Gasteiger partial charge in [0.15, 0.2) is 0 Å². The molecule has 0 radical (unpaired) electrons. The molecule has 1 fully saturated rings. The molecule has 0 amide bonds. The molecule has 1 saturated carbocycles. The lowest BCUT2D eigenvalue weighted by Crippen LogP contribution is -1.94. The Balaban J connectivity index is 2.06. The molecule has 3 rings (SSSR count). The van der Waals surface area contributed by atoms with E-state index >= 15 is 0 Å². The minimum absolute atomic E-state index is 0.440. The van der Waals surface area contributed by atoms with Gasteiger partial charge in [0.25, 0.3) is 0 Å². The Bertz CT molecular complexity index is 541. The van der Waals surface area contributed by atoms with Crippen LogP contribution in [0.3, 0.4) is 0 Å². The Kier molecular flexibility index (Phi) is 2.39. The second-order valence-electron chi connectivity index (χ2n) is 4.83. The Morgan fingerprint density at radius 1 is 1.35 bits per heavy atom. The molecule has 0 saturated heterocycles. The zero-order valence-electron chi connectivity index (χ0n) is 9.94. The van der Waals surface area contributed by atoms with Crippen LogP contribution in [0.25, 0.3) is 11.1 Å². The third-order valence-corrected chi connectivity index (χ3v) is 3.38. The number of nitrogens with two attached hydrogens (primary N) is 1. The number of aryl methyl sites for hydroxylation is 1. The van der Waals surface area contributed by atoms with E-state index in [-0.39, 0.29) is 0 Å². The van der Waals surface area contributed by atoms with Crippen LogP contribution in [0.4, 0.5) is 5.88 Å². The summed E-state index contributed by atoms with van der Waals surface area (Å²) in [7, 11) is 0. The molecule has 88 valence electrons. The number of nitrogens with zero attached hydrogens (tertiary/aromatic N) is 1. The number of rotatable bonds is 3. The predicted octanol–water partition coefficient (Wildman–Crippen LogP) is 3.18. The molecule has 1 aliphatic carbocycles. The Hall–Kier alpha value is -1.77. The van der Waals surface area contributed by atoms with Gasteiger partial charge in [-0.05, 0) is 43.2 Å². The van der Waals surface area contributed by atoms with Crippen LogP contribution in [-0.4, -0.2) is 5.16 Å². The number of anilines is 1. The third kappa shape index (κ3) is 1.93. The fourth-order valence-electron chi connectivity index (χ4n) is 2.21. The lowest BCUT2D eigenvalue weighted by molar-refractivity contribution is 0.426. The molecule has 1 aliphatic rings. The summed E-state index contributed by atoms with van der Waals surface area (Å²) in [6, 6.07) is 8.22. The van der Waals surface area contributed by atoms with Gasteiger partial charge in [0.05, 0.1) is 11.3 Å². The molecule has 3 heteroatoms. The van der Waals surface area contributed by atoms with Crippen LogP contribution in [-0.2, 0) is 6.42 Å². The van der Waals surface area contributed by atoms with Crippen molar-refractivity contribution in [2.24, 2.45) is 5.92 Å². The van der Waals surface area contributed by atoms with Crippen molar-refractivity contribution in [2.45, 2.75) is 26.2 Å². The highest BCUT2D eigenvalue weighted by molar-refractivity contribution is 5.77. The van der Waals surface area contributed by atoms with Crippen molar-refractivity contribution in [1.82, 2.24) is 5.16 Å². The first kappa shape index (κ1) is 10.4. The van der Waals surface area contributed by atoms with Gasteiger partial charge >= 0.3 is 0 Å². The molecule has 0 bridgehead atoms. The van der Waals surface area contributed by atoms with Gasteiger partial charge in [-0.25, -0.2) is 0 Å². The lowest BCUT2D eigenvalue weighted by Gasteiger charge is -2.05. The van der Waals surface area contributed by atoms with Gasteiger partial charge in [0.2, 0.25) is 5.88 Å². The summed E-state index contributed by atoms with van der Waals surface area (Å²) >= 11 is 0. The second-order valence-corrected chi connectivity index (χ2v) is 4.83. The molecule has 3 nitrogen and oxygen atoms in total. The van der Waals surface area contributed by atoms with E-state index in [1.807, 2.05) is 12.1 Å². The maximum atomic E-state index is 5.91. The van der Waals surface area contributed by atoms with Gasteiger partial charge in [-0.3, -0.25) is 0 Å². The second kappa shape index (κ2) is 3.91. The minimum Gasteiger partial charge on any atom is -0.367 e. The smallest absolute Gasteiger partial charge is 0.230 e. The van der Waals surface area contributed by atoms with Crippen molar-refractivity contribution < 1.29 is 4.52 Å². The van der Waals surface area contributed by atoms with Gasteiger partial charge in [-0.2, -0.15) is 0 Å². The number of aromatic nitrogens is 1. The summed E-state index contributed by atoms with van der Waals surface area (Å²) in [6.07, 6.45) is 3.60. The van der Waals surface area contributed by atoms with Crippen LogP contribution in [0.15, 0.2) is 28.8 Å². The lowest BCUT2D eigenvalue weighted by atomic mass is 9.98. The number of nitrogen functional groups attached to an aromatic ring is 1. The molecule has 17 heavy (non-hydrogen) atoms. The Labute approximate surface area is 101 Å². The topological polar surface area (TPSA) is 52.0 Å². The summed E-state index contributed by atoms with van der Waals surface area (Å²) in [5.41, 5.74) is 10.3. The van der Waals surface area contributed by atoms with Crippen molar-refractivity contribution in [1.29, 1.82) is 0 Å². The van der Waals surface area contributed by atoms with Crippen molar-refractivity contribution in [2.75, 3.05) is 5.73 Å². The van der Waals surface area contributed by atoms with Gasteiger partial charge < -0.3 is 10.3 Å². The highest BCUT2D eigenvalue weighted by atomic mass is 16.5. The standard InChI is InChI=1S/C14H16N2O/c1-9-4-2-3-5-11(9)13-12(8-10-6-7-10)16-17-14(13)15/h2-5,10H,6-8,15H2,1H3. The first-order chi connectivity index (χ1) is 8.25. The van der Waals surface area contributed by atoms with Crippen LogP contribution < -0.4 is 5.73 Å². The van der Waals surface area contributed by atoms with Gasteiger partial charge in [-0.1, -0.05) is 29.4 Å². The zero-order valence-corrected chi connectivity index (χ0v) is 9.94. The average molecular weight is 228 g/mol. The molecule has 1 aromatic carbocycles. The van der Waals surface area contributed by atoms with E-state index in [0.717, 1.165) is 29.2 Å². The van der Waals surface area contributed by atoms with Crippen LogP contribution in [0, 0.1) is 12.8 Å². The van der Waals surface area contributed by atoms with Gasteiger partial charge in [0.1, 0.15) is 0 Å². The third-order valence-electron chi connectivity index (χ3n) is 3.38. The van der Waals surface area contributed by atoms with E-state index in [0.29, 0.717) is 5.88 Å². The Morgan fingerprint density at radius 2 is 2.12 bits per heavy atom. The monoisotopic (exact) mass is 228 g/mol. The molecule has 0 unspecified atom stereocenters. The quantitative estimate of drug-likeness (QED) is 0.877. The van der Waals surface area contributed by atoms with E-state index in [1.165, 1.54) is 18.4 Å². The molecule has 0 spiro atoms. The maximum Gasteiger partial charge on any atom is 0.230 e. The molecular formula is C14H16N2O. The van der Waals surface area contributed by atoms with Crippen molar-refractivity contribution in [3.63, 3.8) is 0 Å². The highest BCUT2D eigenvalue weighted by Crippen LogP contribution is 2.38. The number of hydrogen-bond donors (Lipinski definition) is 1. The normalized spacial score (nSPS) is 15.1. The summed E-state index contributed by atoms with van der Waals surface area (Å²) in [6.45, 7) is 2.09. The summed E-state index contributed by atoms with van der Waals surface area (Å²) in [4.78, 5) is 0. The minimum atomic E-state index is 0.440. The first-order valence-corrected chi connectivity index (χ1v) is 6.05. The molecule has 1 aromatic heterocycles. The van der Waals surface area contributed by atoms with E-state index in [2.05, 4.69) is 24.2 Å². The molecule has 1 heterocycles. The average Bonchev–Trinajstić information content (AvgIpc) is 3.05.